The van der Waals surface area contributed by atoms with E-state index in [1.54, 1.807) is 11.2 Å². The van der Waals surface area contributed by atoms with Crippen molar-refractivity contribution in [1.29, 1.82) is 0 Å². The van der Waals surface area contributed by atoms with Gasteiger partial charge in [0.05, 0.1) is 11.9 Å². The van der Waals surface area contributed by atoms with E-state index in [1.807, 2.05) is 0 Å². The van der Waals surface area contributed by atoms with Crippen molar-refractivity contribution in [2.75, 3.05) is 19.6 Å². The normalized spacial score (nSPS) is 29.7. The van der Waals surface area contributed by atoms with Gasteiger partial charge in [-0.15, -0.1) is 0 Å². The molecule has 0 bridgehead atoms. The Labute approximate surface area is 100 Å². The summed E-state index contributed by atoms with van der Waals surface area (Å²) < 4.78 is 26.6. The molecule has 94 valence electrons. The number of hydrogen-bond acceptors (Lipinski definition) is 4. The highest BCUT2D eigenvalue weighted by molar-refractivity contribution is 7.89. The fourth-order valence-corrected chi connectivity index (χ4v) is 4.65. The molecule has 2 atom stereocenters. The molecule has 0 spiro atoms. The molecule has 2 fully saturated rings. The number of fused-ring (bicyclic) bond motifs is 1. The lowest BCUT2D eigenvalue weighted by atomic mass is 10.1. The molecule has 0 amide bonds. The second kappa shape index (κ2) is 3.79. The van der Waals surface area contributed by atoms with Crippen LogP contribution in [0.15, 0.2) is 11.1 Å². The molecular formula is C10H16N4O2S. The number of nitrogens with one attached hydrogen (secondary N) is 2. The van der Waals surface area contributed by atoms with Crippen LogP contribution >= 0.6 is 0 Å². The highest BCUT2D eigenvalue weighted by Gasteiger charge is 2.44. The number of rotatable bonds is 2. The van der Waals surface area contributed by atoms with E-state index < -0.39 is 10.0 Å². The average molecular weight is 256 g/mol. The van der Waals surface area contributed by atoms with E-state index in [9.17, 15) is 8.42 Å². The molecule has 3 rings (SSSR count). The smallest absolute Gasteiger partial charge is 0.246 e. The molecule has 0 unspecified atom stereocenters. The molecule has 17 heavy (non-hydrogen) atoms. The number of hydrogen-bond donors (Lipinski definition) is 2. The topological polar surface area (TPSA) is 78.1 Å². The van der Waals surface area contributed by atoms with Crippen molar-refractivity contribution >= 4 is 10.0 Å². The first-order valence-electron chi connectivity index (χ1n) is 5.83. The van der Waals surface area contributed by atoms with Crippen molar-refractivity contribution in [1.82, 2.24) is 19.8 Å². The maximum Gasteiger partial charge on any atom is 0.246 e. The van der Waals surface area contributed by atoms with Gasteiger partial charge >= 0.3 is 0 Å². The van der Waals surface area contributed by atoms with E-state index in [-0.39, 0.29) is 6.04 Å². The Balaban J connectivity index is 1.96. The summed E-state index contributed by atoms with van der Waals surface area (Å²) in [6.45, 7) is 4.06. The summed E-state index contributed by atoms with van der Waals surface area (Å²) in [7, 11) is -3.38. The molecule has 7 heteroatoms. The van der Waals surface area contributed by atoms with Crippen LogP contribution in [0.2, 0.25) is 0 Å². The van der Waals surface area contributed by atoms with E-state index in [0.717, 1.165) is 19.5 Å². The average Bonchev–Trinajstić information content (AvgIpc) is 2.89. The van der Waals surface area contributed by atoms with Gasteiger partial charge in [-0.2, -0.15) is 9.40 Å². The zero-order chi connectivity index (χ0) is 12.0. The van der Waals surface area contributed by atoms with Crippen LogP contribution in [0.25, 0.3) is 0 Å². The van der Waals surface area contributed by atoms with Crippen molar-refractivity contribution in [2.45, 2.75) is 24.3 Å². The monoisotopic (exact) mass is 256 g/mol. The molecule has 0 radical (unpaired) electrons. The van der Waals surface area contributed by atoms with Gasteiger partial charge in [-0.25, -0.2) is 8.42 Å². The van der Waals surface area contributed by atoms with E-state index in [2.05, 4.69) is 15.5 Å². The second-order valence-corrected chi connectivity index (χ2v) is 6.61. The molecule has 1 aromatic heterocycles. The summed E-state index contributed by atoms with van der Waals surface area (Å²) in [6.07, 6.45) is 2.36. The third-order valence-corrected chi connectivity index (χ3v) is 5.80. The fourth-order valence-electron chi connectivity index (χ4n) is 2.83. The zero-order valence-corrected chi connectivity index (χ0v) is 10.5. The first-order chi connectivity index (χ1) is 8.10. The van der Waals surface area contributed by atoms with Crippen LogP contribution in [-0.2, 0) is 10.0 Å². The van der Waals surface area contributed by atoms with Gasteiger partial charge in [0.2, 0.25) is 10.0 Å². The Morgan fingerprint density at radius 1 is 1.47 bits per heavy atom. The Hall–Kier alpha value is -0.920. The summed E-state index contributed by atoms with van der Waals surface area (Å²) in [6, 6.07) is 0.120. The number of H-pyrrole nitrogens is 1. The summed E-state index contributed by atoms with van der Waals surface area (Å²) in [4.78, 5) is 0.310. The van der Waals surface area contributed by atoms with Crippen LogP contribution in [0, 0.1) is 12.8 Å². The minimum absolute atomic E-state index is 0.120. The van der Waals surface area contributed by atoms with Gasteiger partial charge in [-0.3, -0.25) is 5.10 Å². The van der Waals surface area contributed by atoms with E-state index in [4.69, 9.17) is 0 Å². The van der Waals surface area contributed by atoms with Gasteiger partial charge in [0.25, 0.3) is 0 Å². The Bertz CT molecular complexity index is 524. The highest BCUT2D eigenvalue weighted by Crippen LogP contribution is 2.32. The van der Waals surface area contributed by atoms with Crippen LogP contribution in [0.3, 0.4) is 0 Å². The predicted octanol–water partition coefficient (Wildman–Crippen LogP) is -0.299. The third-order valence-electron chi connectivity index (χ3n) is 3.76. The van der Waals surface area contributed by atoms with Crippen molar-refractivity contribution in [3.05, 3.63) is 11.9 Å². The van der Waals surface area contributed by atoms with Crippen LogP contribution in [0.4, 0.5) is 0 Å². The lowest BCUT2D eigenvalue weighted by molar-refractivity contribution is 0.382. The minimum Gasteiger partial charge on any atom is -0.315 e. The van der Waals surface area contributed by atoms with Crippen molar-refractivity contribution in [3.63, 3.8) is 0 Å². The summed E-state index contributed by atoms with van der Waals surface area (Å²) in [5.74, 6) is 0.469. The molecule has 2 aliphatic rings. The van der Waals surface area contributed by atoms with Crippen molar-refractivity contribution < 1.29 is 8.42 Å². The first kappa shape index (κ1) is 11.2. The lowest BCUT2D eigenvalue weighted by Gasteiger charge is -2.22. The molecule has 0 saturated carbocycles. The van der Waals surface area contributed by atoms with E-state index in [0.29, 0.717) is 23.1 Å². The molecule has 1 aromatic rings. The number of nitrogens with zero attached hydrogens (tertiary/aromatic N) is 2. The molecule has 3 heterocycles. The third kappa shape index (κ3) is 1.61. The number of aromatic amines is 1. The zero-order valence-electron chi connectivity index (χ0n) is 9.68. The van der Waals surface area contributed by atoms with E-state index in [1.165, 1.54) is 6.20 Å². The summed E-state index contributed by atoms with van der Waals surface area (Å²) in [5, 5.41) is 9.74. The van der Waals surface area contributed by atoms with Crippen molar-refractivity contribution in [2.24, 2.45) is 5.92 Å². The lowest BCUT2D eigenvalue weighted by Crippen LogP contribution is -2.39. The highest BCUT2D eigenvalue weighted by atomic mass is 32.2. The molecule has 0 aliphatic carbocycles. The minimum atomic E-state index is -3.38. The van der Waals surface area contributed by atoms with Crippen LogP contribution < -0.4 is 5.32 Å². The van der Waals surface area contributed by atoms with Gasteiger partial charge in [0.1, 0.15) is 4.90 Å². The van der Waals surface area contributed by atoms with Crippen LogP contribution in [-0.4, -0.2) is 48.6 Å². The summed E-state index contributed by atoms with van der Waals surface area (Å²) in [5.41, 5.74) is 0.611. The van der Waals surface area contributed by atoms with Crippen LogP contribution in [0.1, 0.15) is 12.1 Å². The van der Waals surface area contributed by atoms with Gasteiger partial charge in [-0.1, -0.05) is 0 Å². The summed E-state index contributed by atoms with van der Waals surface area (Å²) >= 11 is 0. The molecule has 2 N–H and O–H groups in total. The van der Waals surface area contributed by atoms with E-state index >= 15 is 0 Å². The quantitative estimate of drug-likeness (QED) is 0.761. The Morgan fingerprint density at radius 2 is 2.29 bits per heavy atom. The second-order valence-electron chi connectivity index (χ2n) is 4.75. The molecular weight excluding hydrogens is 240 g/mol. The maximum atomic E-state index is 12.5. The van der Waals surface area contributed by atoms with Gasteiger partial charge in [0, 0.05) is 19.1 Å². The molecule has 0 aromatic carbocycles. The molecule has 6 nitrogen and oxygen atoms in total. The van der Waals surface area contributed by atoms with Crippen LogP contribution in [0.5, 0.6) is 0 Å². The van der Waals surface area contributed by atoms with Gasteiger partial charge < -0.3 is 5.32 Å². The Morgan fingerprint density at radius 3 is 3.00 bits per heavy atom. The van der Waals surface area contributed by atoms with Gasteiger partial charge in [0.15, 0.2) is 0 Å². The SMILES string of the molecule is Cc1[nH]ncc1S(=O)(=O)N1CC[C@H]2CNC[C@H]21. The molecule has 2 aliphatic heterocycles. The largest absolute Gasteiger partial charge is 0.315 e. The Kier molecular flexibility index (Phi) is 2.49. The van der Waals surface area contributed by atoms with Gasteiger partial charge in [-0.05, 0) is 25.8 Å². The number of aryl methyl sites for hydroxylation is 1. The number of aromatic nitrogens is 2. The predicted molar refractivity (Wildman–Crippen MR) is 62.0 cm³/mol. The fraction of sp³-hybridized carbons (Fsp3) is 0.700. The first-order valence-corrected chi connectivity index (χ1v) is 7.27. The van der Waals surface area contributed by atoms with Crippen molar-refractivity contribution in [3.8, 4) is 0 Å². The standard InChI is InChI=1S/C10H16N4O2S/c1-7-10(6-12-13-7)17(15,16)14-3-2-8-4-11-5-9(8)14/h6,8-9,11H,2-5H2,1H3,(H,12,13)/t8-,9+/m0/s1. The molecule has 2 saturated heterocycles. The maximum absolute atomic E-state index is 12.5. The number of sulfonamides is 1.